The molecule has 0 aromatic rings. The third kappa shape index (κ3) is 4.00. The molecule has 1 unspecified atom stereocenters. The van der Waals surface area contributed by atoms with Crippen LogP contribution in [0, 0.1) is 5.92 Å². The lowest BCUT2D eigenvalue weighted by molar-refractivity contribution is -0.928. The lowest BCUT2D eigenvalue weighted by Crippen LogP contribution is -3.18. The van der Waals surface area contributed by atoms with Crippen molar-refractivity contribution >= 4 is 11.9 Å². The summed E-state index contributed by atoms with van der Waals surface area (Å²) < 4.78 is 0. The van der Waals surface area contributed by atoms with E-state index >= 15 is 0 Å². The predicted octanol–water partition coefficient (Wildman–Crippen LogP) is 0.992. The van der Waals surface area contributed by atoms with Crippen molar-refractivity contribution in [2.24, 2.45) is 5.92 Å². The molecule has 2 saturated carbocycles. The van der Waals surface area contributed by atoms with Crippen molar-refractivity contribution in [3.63, 3.8) is 0 Å². The Bertz CT molecular complexity index is 405. The van der Waals surface area contributed by atoms with Gasteiger partial charge in [-0.15, -0.1) is 0 Å². The lowest BCUT2D eigenvalue weighted by Gasteiger charge is -2.40. The Morgan fingerprint density at radius 3 is 2.41 bits per heavy atom. The fourth-order valence-corrected chi connectivity index (χ4v) is 4.76. The molecule has 0 spiro atoms. The summed E-state index contributed by atoms with van der Waals surface area (Å²) >= 11 is 0. The van der Waals surface area contributed by atoms with E-state index in [2.05, 4.69) is 10.6 Å². The average Bonchev–Trinajstić information content (AvgIpc) is 3.00. The van der Waals surface area contributed by atoms with Crippen LogP contribution in [0.3, 0.4) is 0 Å². The van der Waals surface area contributed by atoms with Gasteiger partial charge in [0.1, 0.15) is 0 Å². The third-order valence-electron chi connectivity index (χ3n) is 5.84. The van der Waals surface area contributed by atoms with Gasteiger partial charge < -0.3 is 10.2 Å². The average molecular weight is 308 g/mol. The number of hydrogen-bond acceptors (Lipinski definition) is 2. The van der Waals surface area contributed by atoms with E-state index in [4.69, 9.17) is 0 Å². The second kappa shape index (κ2) is 7.44. The van der Waals surface area contributed by atoms with Crippen LogP contribution in [0.5, 0.6) is 0 Å². The van der Waals surface area contributed by atoms with Crippen LogP contribution in [-0.4, -0.2) is 37.1 Å². The van der Waals surface area contributed by atoms with Crippen LogP contribution in [-0.2, 0) is 4.79 Å². The minimum atomic E-state index is -0.298. The molecule has 3 aliphatic rings. The summed E-state index contributed by atoms with van der Waals surface area (Å²) in [7, 11) is 0. The van der Waals surface area contributed by atoms with Gasteiger partial charge in [0, 0.05) is 12.0 Å². The minimum Gasteiger partial charge on any atom is -0.335 e. The summed E-state index contributed by atoms with van der Waals surface area (Å²) in [6.07, 6.45) is 12.2. The Balaban J connectivity index is 1.45. The topological polar surface area (TPSA) is 62.6 Å². The van der Waals surface area contributed by atoms with Crippen molar-refractivity contribution in [3.05, 3.63) is 0 Å². The van der Waals surface area contributed by atoms with Gasteiger partial charge in [0.2, 0.25) is 0 Å². The van der Waals surface area contributed by atoms with Crippen LogP contribution >= 0.6 is 0 Å². The van der Waals surface area contributed by atoms with Gasteiger partial charge >= 0.3 is 6.03 Å². The third-order valence-corrected chi connectivity index (χ3v) is 5.84. The molecular formula is C17H30N3O2+. The fourth-order valence-electron chi connectivity index (χ4n) is 4.76. The molecule has 0 aromatic carbocycles. The molecule has 0 bridgehead atoms. The highest BCUT2D eigenvalue weighted by molar-refractivity contribution is 5.94. The molecule has 1 heterocycles. The molecule has 3 fully saturated rings. The molecule has 2 aliphatic carbocycles. The minimum absolute atomic E-state index is 0.114. The molecule has 0 radical (unpaired) electrons. The molecule has 3 rings (SSSR count). The number of carbonyl (C=O) groups is 2. The number of rotatable bonds is 3. The standard InChI is InChI=1S/C17H29N3O2/c21-16(19-17(22)18-14-8-2-3-9-14)12-20-11-5-7-13-6-1-4-10-15(13)20/h13-15H,1-12H2,(H2,18,19,21,22)/p+1/t13-,15-/m1/s1. The van der Waals surface area contributed by atoms with Crippen LogP contribution in [0.2, 0.25) is 0 Å². The number of nitrogens with one attached hydrogen (secondary N) is 3. The summed E-state index contributed by atoms with van der Waals surface area (Å²) in [5.74, 6) is 0.689. The van der Waals surface area contributed by atoms with E-state index in [1.807, 2.05) is 0 Å². The molecule has 5 nitrogen and oxygen atoms in total. The first-order valence-corrected chi connectivity index (χ1v) is 9.17. The molecule has 1 saturated heterocycles. The van der Waals surface area contributed by atoms with Crippen molar-refractivity contribution in [1.82, 2.24) is 10.6 Å². The van der Waals surface area contributed by atoms with Gasteiger partial charge in [0.05, 0.1) is 12.6 Å². The van der Waals surface area contributed by atoms with E-state index in [0.717, 1.165) is 25.3 Å². The largest absolute Gasteiger partial charge is 0.335 e. The molecule has 3 N–H and O–H groups in total. The smallest absolute Gasteiger partial charge is 0.321 e. The van der Waals surface area contributed by atoms with Crippen LogP contribution < -0.4 is 15.5 Å². The van der Waals surface area contributed by atoms with Gasteiger partial charge in [-0.05, 0) is 44.9 Å². The van der Waals surface area contributed by atoms with E-state index in [1.165, 1.54) is 56.3 Å². The summed E-state index contributed by atoms with van der Waals surface area (Å²) in [4.78, 5) is 25.5. The zero-order valence-electron chi connectivity index (χ0n) is 13.5. The Labute approximate surface area is 133 Å². The normalized spacial score (nSPS) is 32.3. The van der Waals surface area contributed by atoms with E-state index < -0.39 is 0 Å². The fraction of sp³-hybridized carbons (Fsp3) is 0.882. The van der Waals surface area contributed by atoms with E-state index in [0.29, 0.717) is 12.6 Å². The van der Waals surface area contributed by atoms with Crippen LogP contribution in [0.1, 0.15) is 64.2 Å². The second-order valence-electron chi connectivity index (χ2n) is 7.38. The maximum atomic E-state index is 12.2. The molecule has 124 valence electrons. The van der Waals surface area contributed by atoms with Gasteiger partial charge in [0.15, 0.2) is 6.54 Å². The van der Waals surface area contributed by atoms with Crippen molar-refractivity contribution < 1.29 is 14.5 Å². The molecule has 3 amide bonds. The molecule has 0 aromatic heterocycles. The SMILES string of the molecule is O=C(C[NH+]1CCC[C@H]2CCCC[C@H]21)NC(=O)NC1CCCC1. The summed E-state index contributed by atoms with van der Waals surface area (Å²) in [6, 6.07) is 0.609. The Kier molecular flexibility index (Phi) is 5.34. The second-order valence-corrected chi connectivity index (χ2v) is 7.38. The van der Waals surface area contributed by atoms with Crippen molar-refractivity contribution in [1.29, 1.82) is 0 Å². The zero-order chi connectivity index (χ0) is 15.4. The monoisotopic (exact) mass is 308 g/mol. The van der Waals surface area contributed by atoms with Gasteiger partial charge in [-0.2, -0.15) is 0 Å². The van der Waals surface area contributed by atoms with E-state index in [9.17, 15) is 9.59 Å². The Morgan fingerprint density at radius 2 is 1.59 bits per heavy atom. The highest BCUT2D eigenvalue weighted by atomic mass is 16.2. The summed E-state index contributed by atoms with van der Waals surface area (Å²) in [5, 5.41) is 5.46. The molecule has 1 aliphatic heterocycles. The van der Waals surface area contributed by atoms with E-state index in [1.54, 1.807) is 0 Å². The number of carbonyl (C=O) groups excluding carboxylic acids is 2. The number of amides is 3. The van der Waals surface area contributed by atoms with Crippen molar-refractivity contribution in [2.45, 2.75) is 76.3 Å². The number of imide groups is 1. The molecule has 5 heteroatoms. The number of fused-ring (bicyclic) bond motifs is 1. The van der Waals surface area contributed by atoms with Gasteiger partial charge in [-0.25, -0.2) is 4.79 Å². The Morgan fingerprint density at radius 1 is 0.909 bits per heavy atom. The highest BCUT2D eigenvalue weighted by Gasteiger charge is 2.37. The number of piperidine rings is 1. The first kappa shape index (κ1) is 15.8. The maximum Gasteiger partial charge on any atom is 0.321 e. The number of hydrogen-bond donors (Lipinski definition) is 3. The zero-order valence-corrected chi connectivity index (χ0v) is 13.5. The summed E-state index contributed by atoms with van der Waals surface area (Å²) in [5.41, 5.74) is 0. The lowest BCUT2D eigenvalue weighted by atomic mass is 9.78. The molecular weight excluding hydrogens is 278 g/mol. The molecule has 3 atom stereocenters. The number of likely N-dealkylation sites (tertiary alicyclic amines) is 1. The van der Waals surface area contributed by atoms with Crippen LogP contribution in [0.15, 0.2) is 0 Å². The number of urea groups is 1. The number of quaternary nitrogens is 1. The highest BCUT2D eigenvalue weighted by Crippen LogP contribution is 2.28. The first-order chi connectivity index (χ1) is 10.7. The maximum absolute atomic E-state index is 12.2. The van der Waals surface area contributed by atoms with Crippen LogP contribution in [0.25, 0.3) is 0 Å². The quantitative estimate of drug-likeness (QED) is 0.728. The molecule has 22 heavy (non-hydrogen) atoms. The van der Waals surface area contributed by atoms with Gasteiger partial charge in [-0.1, -0.05) is 19.3 Å². The van der Waals surface area contributed by atoms with Crippen LogP contribution in [0.4, 0.5) is 4.79 Å². The summed E-state index contributed by atoms with van der Waals surface area (Å²) in [6.45, 7) is 1.54. The Hall–Kier alpha value is -1.10. The van der Waals surface area contributed by atoms with Gasteiger partial charge in [0.25, 0.3) is 5.91 Å². The van der Waals surface area contributed by atoms with Gasteiger partial charge in [-0.3, -0.25) is 10.1 Å². The van der Waals surface area contributed by atoms with Crippen molar-refractivity contribution in [2.75, 3.05) is 13.1 Å². The first-order valence-electron chi connectivity index (χ1n) is 9.17. The van der Waals surface area contributed by atoms with Crippen molar-refractivity contribution in [3.8, 4) is 0 Å². The van der Waals surface area contributed by atoms with E-state index in [-0.39, 0.29) is 18.0 Å². The predicted molar refractivity (Wildman–Crippen MR) is 84.6 cm³/mol.